The molecule has 2 fully saturated rings. The molecule has 0 radical (unpaired) electrons. The monoisotopic (exact) mass is 493 g/mol. The van der Waals surface area contributed by atoms with E-state index in [-0.39, 0.29) is 10.8 Å². The van der Waals surface area contributed by atoms with Crippen molar-refractivity contribution in [2.75, 3.05) is 44.2 Å². The van der Waals surface area contributed by atoms with Gasteiger partial charge in [-0.3, -0.25) is 4.79 Å². The number of anilines is 1. The number of aromatic nitrogens is 2. The summed E-state index contributed by atoms with van der Waals surface area (Å²) in [6.45, 7) is 3.44. The lowest BCUT2D eigenvalue weighted by molar-refractivity contribution is 0.0746. The highest BCUT2D eigenvalue weighted by Gasteiger charge is 2.28. The molecule has 9 nitrogen and oxygen atoms in total. The number of nitrogens with zero attached hydrogens (tertiary/aromatic N) is 5. The number of sulfonamides is 1. The van der Waals surface area contributed by atoms with E-state index in [0.717, 1.165) is 18.7 Å². The molecule has 0 spiro atoms. The summed E-state index contributed by atoms with van der Waals surface area (Å²) in [6.07, 6.45) is 1.78. The number of rotatable bonds is 6. The second-order valence-electron chi connectivity index (χ2n) is 8.56. The van der Waals surface area contributed by atoms with Gasteiger partial charge in [-0.05, 0) is 55.3 Å². The van der Waals surface area contributed by atoms with E-state index in [1.54, 1.807) is 23.1 Å². The zero-order valence-corrected chi connectivity index (χ0v) is 20.1. The minimum atomic E-state index is -3.48. The van der Waals surface area contributed by atoms with Gasteiger partial charge in [0, 0.05) is 50.9 Å². The number of para-hydroxylation sites is 1. The second-order valence-corrected chi connectivity index (χ2v) is 10.5. The van der Waals surface area contributed by atoms with Crippen molar-refractivity contribution in [3.05, 3.63) is 72.3 Å². The quantitative estimate of drug-likeness (QED) is 0.521. The van der Waals surface area contributed by atoms with E-state index in [1.807, 2.05) is 36.4 Å². The third-order valence-electron chi connectivity index (χ3n) is 6.29. The summed E-state index contributed by atoms with van der Waals surface area (Å²) in [5.41, 5.74) is 0.487. The van der Waals surface area contributed by atoms with Crippen LogP contribution in [0.15, 0.2) is 71.6 Å². The van der Waals surface area contributed by atoms with Gasteiger partial charge in [0.1, 0.15) is 5.75 Å². The van der Waals surface area contributed by atoms with E-state index in [2.05, 4.69) is 15.1 Å². The molecule has 1 aromatic heterocycles. The largest absolute Gasteiger partial charge is 0.438 e. The van der Waals surface area contributed by atoms with E-state index < -0.39 is 10.0 Å². The fourth-order valence-corrected chi connectivity index (χ4v) is 5.83. The summed E-state index contributed by atoms with van der Waals surface area (Å²) in [5, 5.41) is 8.44. The van der Waals surface area contributed by atoms with Crippen molar-refractivity contribution < 1.29 is 17.9 Å². The van der Waals surface area contributed by atoms with Crippen LogP contribution >= 0.6 is 0 Å². The van der Waals surface area contributed by atoms with Gasteiger partial charge in [0.25, 0.3) is 5.91 Å². The molecule has 10 heteroatoms. The smallest absolute Gasteiger partial charge is 0.253 e. The van der Waals surface area contributed by atoms with Crippen molar-refractivity contribution in [3.8, 4) is 11.6 Å². The van der Waals surface area contributed by atoms with Crippen LogP contribution in [0.2, 0.25) is 0 Å². The van der Waals surface area contributed by atoms with Gasteiger partial charge in [0.2, 0.25) is 15.9 Å². The standard InChI is InChI=1S/C25H27N5O4S/c31-25(20-8-10-22(11-9-20)35(32,33)30-14-4-5-15-30)29-18-16-28(17-19-29)23-12-13-24(27-26-23)34-21-6-2-1-3-7-21/h1-3,6-13H,4-5,14-19H2. The third kappa shape index (κ3) is 5.13. The molecule has 0 N–H and O–H groups in total. The Kier molecular flexibility index (Phi) is 6.65. The molecule has 2 aliphatic rings. The Morgan fingerprint density at radius 2 is 1.46 bits per heavy atom. The molecule has 0 aliphatic carbocycles. The summed E-state index contributed by atoms with van der Waals surface area (Å²) in [5.74, 6) is 1.74. The van der Waals surface area contributed by atoms with Crippen LogP contribution in [0.5, 0.6) is 11.6 Å². The molecule has 3 aromatic rings. The maximum atomic E-state index is 13.0. The summed E-state index contributed by atoms with van der Waals surface area (Å²) >= 11 is 0. The van der Waals surface area contributed by atoms with Gasteiger partial charge in [0.05, 0.1) is 4.90 Å². The fourth-order valence-electron chi connectivity index (χ4n) is 4.31. The summed E-state index contributed by atoms with van der Waals surface area (Å²) in [7, 11) is -3.48. The van der Waals surface area contributed by atoms with Crippen LogP contribution in [0, 0.1) is 0 Å². The highest BCUT2D eigenvalue weighted by Crippen LogP contribution is 2.23. The van der Waals surface area contributed by atoms with Crippen molar-refractivity contribution in [2.45, 2.75) is 17.7 Å². The second kappa shape index (κ2) is 10.0. The van der Waals surface area contributed by atoms with E-state index in [9.17, 15) is 13.2 Å². The summed E-state index contributed by atoms with van der Waals surface area (Å²) in [4.78, 5) is 17.1. The van der Waals surface area contributed by atoms with Gasteiger partial charge in [-0.1, -0.05) is 18.2 Å². The first kappa shape index (κ1) is 23.3. The minimum Gasteiger partial charge on any atom is -0.438 e. The number of benzene rings is 2. The molecule has 0 atom stereocenters. The Morgan fingerprint density at radius 3 is 2.09 bits per heavy atom. The number of piperazine rings is 1. The van der Waals surface area contributed by atoms with Gasteiger partial charge in [-0.15, -0.1) is 10.2 Å². The lowest BCUT2D eigenvalue weighted by atomic mass is 10.2. The number of carbonyl (C=O) groups is 1. The summed E-state index contributed by atoms with van der Waals surface area (Å²) in [6, 6.07) is 19.3. The van der Waals surface area contributed by atoms with Crippen LogP contribution in [0.25, 0.3) is 0 Å². The van der Waals surface area contributed by atoms with Crippen LogP contribution in [0.3, 0.4) is 0 Å². The van der Waals surface area contributed by atoms with Gasteiger partial charge in [0.15, 0.2) is 5.82 Å². The predicted octanol–water partition coefficient (Wildman–Crippen LogP) is 3.02. The average Bonchev–Trinajstić information content (AvgIpc) is 3.46. The van der Waals surface area contributed by atoms with Crippen LogP contribution in [-0.4, -0.2) is 73.0 Å². The molecule has 3 heterocycles. The molecule has 1 amide bonds. The minimum absolute atomic E-state index is 0.104. The first-order chi connectivity index (χ1) is 17.0. The van der Waals surface area contributed by atoms with Gasteiger partial charge >= 0.3 is 0 Å². The van der Waals surface area contributed by atoms with Crippen molar-refractivity contribution >= 4 is 21.7 Å². The molecule has 2 saturated heterocycles. The summed E-state index contributed by atoms with van der Waals surface area (Å²) < 4.78 is 32.6. The maximum Gasteiger partial charge on any atom is 0.253 e. The molecule has 2 aromatic carbocycles. The molecular formula is C25H27N5O4S. The lowest BCUT2D eigenvalue weighted by Crippen LogP contribution is -2.49. The van der Waals surface area contributed by atoms with Crippen LogP contribution < -0.4 is 9.64 Å². The highest BCUT2D eigenvalue weighted by atomic mass is 32.2. The molecule has 35 heavy (non-hydrogen) atoms. The number of ether oxygens (including phenoxy) is 1. The highest BCUT2D eigenvalue weighted by molar-refractivity contribution is 7.89. The van der Waals surface area contributed by atoms with Crippen molar-refractivity contribution in [1.29, 1.82) is 0 Å². The van der Waals surface area contributed by atoms with E-state index in [4.69, 9.17) is 4.74 Å². The predicted molar refractivity (Wildman–Crippen MR) is 131 cm³/mol. The zero-order valence-electron chi connectivity index (χ0n) is 19.3. The van der Waals surface area contributed by atoms with Crippen molar-refractivity contribution in [3.63, 3.8) is 0 Å². The number of hydrogen-bond donors (Lipinski definition) is 0. The Labute approximate surface area is 205 Å². The first-order valence-electron chi connectivity index (χ1n) is 11.7. The Morgan fingerprint density at radius 1 is 0.771 bits per heavy atom. The normalized spacial score (nSPS) is 16.9. The Bertz CT molecular complexity index is 1250. The van der Waals surface area contributed by atoms with Crippen molar-refractivity contribution in [1.82, 2.24) is 19.4 Å². The fraction of sp³-hybridized carbons (Fsp3) is 0.320. The van der Waals surface area contributed by atoms with Gasteiger partial charge in [-0.25, -0.2) is 8.42 Å². The van der Waals surface area contributed by atoms with Gasteiger partial charge < -0.3 is 14.5 Å². The van der Waals surface area contributed by atoms with E-state index >= 15 is 0 Å². The Hall–Kier alpha value is -3.50. The molecule has 0 saturated carbocycles. The van der Waals surface area contributed by atoms with Crippen LogP contribution in [-0.2, 0) is 10.0 Å². The molecular weight excluding hydrogens is 466 g/mol. The Balaban J connectivity index is 1.17. The van der Waals surface area contributed by atoms with Crippen molar-refractivity contribution in [2.24, 2.45) is 0 Å². The SMILES string of the molecule is O=C(c1ccc(S(=O)(=O)N2CCCC2)cc1)N1CCN(c2ccc(Oc3ccccc3)nn2)CC1. The van der Waals surface area contributed by atoms with Gasteiger partial charge in [-0.2, -0.15) is 4.31 Å². The molecule has 0 bridgehead atoms. The van der Waals surface area contributed by atoms with E-state index in [1.165, 1.54) is 16.4 Å². The average molecular weight is 494 g/mol. The number of carbonyl (C=O) groups excluding carboxylic acids is 1. The molecule has 182 valence electrons. The van der Waals surface area contributed by atoms with Crippen LogP contribution in [0.1, 0.15) is 23.2 Å². The zero-order chi connectivity index (χ0) is 24.3. The van der Waals surface area contributed by atoms with E-state index in [0.29, 0.717) is 56.5 Å². The lowest BCUT2D eigenvalue weighted by Gasteiger charge is -2.35. The third-order valence-corrected chi connectivity index (χ3v) is 8.20. The molecule has 5 rings (SSSR count). The van der Waals surface area contributed by atoms with Crippen LogP contribution in [0.4, 0.5) is 5.82 Å². The molecule has 0 unspecified atom stereocenters. The number of hydrogen-bond acceptors (Lipinski definition) is 7. The maximum absolute atomic E-state index is 13.0. The number of amides is 1. The topological polar surface area (TPSA) is 95.9 Å². The first-order valence-corrected chi connectivity index (χ1v) is 13.2. The molecule has 2 aliphatic heterocycles.